The zero-order valence-corrected chi connectivity index (χ0v) is 16.0. The van der Waals surface area contributed by atoms with Crippen molar-refractivity contribution in [2.45, 2.75) is 39.2 Å². The number of rotatable bonds is 9. The summed E-state index contributed by atoms with van der Waals surface area (Å²) < 4.78 is 17.8. The van der Waals surface area contributed by atoms with Crippen LogP contribution in [0.2, 0.25) is 0 Å². The molecule has 5 nitrogen and oxygen atoms in total. The first-order valence-corrected chi connectivity index (χ1v) is 9.21. The number of aryl methyl sites for hydroxylation is 1. The van der Waals surface area contributed by atoms with Gasteiger partial charge in [0.15, 0.2) is 12.4 Å². The molecule has 0 saturated carbocycles. The van der Waals surface area contributed by atoms with E-state index in [-0.39, 0.29) is 24.7 Å². The van der Waals surface area contributed by atoms with Crippen molar-refractivity contribution < 1.29 is 23.5 Å². The first kappa shape index (κ1) is 21.3. The lowest BCUT2D eigenvalue weighted by Gasteiger charge is -2.15. The van der Waals surface area contributed by atoms with E-state index >= 15 is 0 Å². The average Bonchev–Trinajstić information content (AvgIpc) is 2.71. The summed E-state index contributed by atoms with van der Waals surface area (Å²) in [6.07, 6.45) is 0.740. The zero-order valence-electron chi connectivity index (χ0n) is 16.0. The Morgan fingerprint density at radius 2 is 1.64 bits per heavy atom. The summed E-state index contributed by atoms with van der Waals surface area (Å²) in [6, 6.07) is 12.8. The molecule has 6 heteroatoms. The van der Waals surface area contributed by atoms with E-state index in [0.29, 0.717) is 5.56 Å². The standard InChI is InChI=1S/C22H24FNO4/c1-3-16-4-6-17(7-5-16)15(2)24-21(26)14-28-22(27)13-12-20(25)18-8-10-19(23)11-9-18/h4-11,15H,3,12-14H2,1-2H3,(H,24,26)/t15-/m0/s1. The van der Waals surface area contributed by atoms with Crippen molar-refractivity contribution in [3.05, 3.63) is 71.0 Å². The number of benzene rings is 2. The molecular weight excluding hydrogens is 361 g/mol. The van der Waals surface area contributed by atoms with Crippen LogP contribution in [-0.4, -0.2) is 24.3 Å². The Morgan fingerprint density at radius 1 is 1.00 bits per heavy atom. The van der Waals surface area contributed by atoms with Crippen LogP contribution < -0.4 is 5.32 Å². The number of ether oxygens (including phenoxy) is 1. The van der Waals surface area contributed by atoms with Gasteiger partial charge in [-0.15, -0.1) is 0 Å². The van der Waals surface area contributed by atoms with Crippen molar-refractivity contribution in [1.29, 1.82) is 0 Å². The third kappa shape index (κ3) is 6.61. The number of carbonyl (C=O) groups is 3. The maximum absolute atomic E-state index is 12.8. The summed E-state index contributed by atoms with van der Waals surface area (Å²) >= 11 is 0. The minimum Gasteiger partial charge on any atom is -0.456 e. The lowest BCUT2D eigenvalue weighted by Crippen LogP contribution is -2.31. The number of hydrogen-bond donors (Lipinski definition) is 1. The molecule has 2 rings (SSSR count). The van der Waals surface area contributed by atoms with Gasteiger partial charge in [-0.25, -0.2) is 4.39 Å². The van der Waals surface area contributed by atoms with Gasteiger partial charge in [-0.05, 0) is 48.7 Å². The van der Waals surface area contributed by atoms with Crippen molar-refractivity contribution in [3.8, 4) is 0 Å². The lowest BCUT2D eigenvalue weighted by molar-refractivity contribution is -0.148. The molecule has 0 aromatic heterocycles. The predicted molar refractivity (Wildman–Crippen MR) is 103 cm³/mol. The Kier molecular flexibility index (Phi) is 7.87. The molecule has 0 spiro atoms. The molecule has 0 aliphatic rings. The maximum Gasteiger partial charge on any atom is 0.306 e. The first-order chi connectivity index (χ1) is 13.4. The van der Waals surface area contributed by atoms with Crippen LogP contribution in [-0.2, 0) is 20.7 Å². The topological polar surface area (TPSA) is 72.5 Å². The summed E-state index contributed by atoms with van der Waals surface area (Å²) in [4.78, 5) is 35.6. The highest BCUT2D eigenvalue weighted by molar-refractivity contribution is 5.97. The molecular formula is C22H24FNO4. The number of carbonyl (C=O) groups excluding carboxylic acids is 3. The summed E-state index contributed by atoms with van der Waals surface area (Å²) in [6.45, 7) is 3.52. The van der Waals surface area contributed by atoms with E-state index in [0.717, 1.165) is 12.0 Å². The number of Topliss-reactive ketones (excluding diaryl/α,β-unsaturated/α-hetero) is 1. The minimum atomic E-state index is -0.634. The molecule has 0 heterocycles. The van der Waals surface area contributed by atoms with Gasteiger partial charge in [0.1, 0.15) is 5.82 Å². The second kappa shape index (κ2) is 10.3. The van der Waals surface area contributed by atoms with Crippen molar-refractivity contribution in [2.75, 3.05) is 6.61 Å². The molecule has 0 radical (unpaired) electrons. The monoisotopic (exact) mass is 385 g/mol. The van der Waals surface area contributed by atoms with E-state index in [1.54, 1.807) is 0 Å². The normalized spacial score (nSPS) is 11.5. The van der Waals surface area contributed by atoms with Gasteiger partial charge in [-0.1, -0.05) is 31.2 Å². The Bertz CT molecular complexity index is 815. The third-order valence-electron chi connectivity index (χ3n) is 4.35. The summed E-state index contributed by atoms with van der Waals surface area (Å²) in [5, 5.41) is 2.77. The van der Waals surface area contributed by atoms with Crippen LogP contribution in [0.1, 0.15) is 54.2 Å². The van der Waals surface area contributed by atoms with E-state index in [1.165, 1.54) is 29.8 Å². The number of ketones is 1. The zero-order chi connectivity index (χ0) is 20.5. The van der Waals surface area contributed by atoms with E-state index in [2.05, 4.69) is 12.2 Å². The molecule has 2 aromatic carbocycles. The van der Waals surface area contributed by atoms with E-state index < -0.39 is 24.3 Å². The summed E-state index contributed by atoms with van der Waals surface area (Å²) in [7, 11) is 0. The van der Waals surface area contributed by atoms with Crippen LogP contribution in [0.3, 0.4) is 0 Å². The Labute approximate surface area is 163 Å². The van der Waals surface area contributed by atoms with Crippen molar-refractivity contribution >= 4 is 17.7 Å². The Hall–Kier alpha value is -3.02. The van der Waals surface area contributed by atoms with Crippen molar-refractivity contribution in [3.63, 3.8) is 0 Å². The van der Waals surface area contributed by atoms with Crippen molar-refractivity contribution in [2.24, 2.45) is 0 Å². The Morgan fingerprint density at radius 3 is 2.25 bits per heavy atom. The van der Waals surface area contributed by atoms with Gasteiger partial charge in [-0.3, -0.25) is 14.4 Å². The number of hydrogen-bond acceptors (Lipinski definition) is 4. The molecule has 0 aliphatic carbocycles. The quantitative estimate of drug-likeness (QED) is 0.527. The van der Waals surface area contributed by atoms with Gasteiger partial charge < -0.3 is 10.1 Å². The molecule has 148 valence electrons. The SMILES string of the molecule is CCc1ccc([C@H](C)NC(=O)COC(=O)CCC(=O)c2ccc(F)cc2)cc1. The molecule has 1 atom stereocenters. The fraction of sp³-hybridized carbons (Fsp3) is 0.318. The maximum atomic E-state index is 12.8. The molecule has 0 fully saturated rings. The number of esters is 1. The van der Waals surface area contributed by atoms with Crippen LogP contribution in [0.4, 0.5) is 4.39 Å². The lowest BCUT2D eigenvalue weighted by atomic mass is 10.1. The fourth-order valence-electron chi connectivity index (χ4n) is 2.62. The molecule has 0 aliphatic heterocycles. The summed E-state index contributed by atoms with van der Waals surface area (Å²) in [5.41, 5.74) is 2.50. The number of halogens is 1. The van der Waals surface area contributed by atoms with Gasteiger partial charge in [0, 0.05) is 12.0 Å². The molecule has 28 heavy (non-hydrogen) atoms. The highest BCUT2D eigenvalue weighted by atomic mass is 19.1. The van der Waals surface area contributed by atoms with E-state index in [1.807, 2.05) is 31.2 Å². The summed E-state index contributed by atoms with van der Waals surface area (Å²) in [5.74, 6) is -1.76. The van der Waals surface area contributed by atoms with Gasteiger partial charge in [0.2, 0.25) is 0 Å². The van der Waals surface area contributed by atoms with Crippen LogP contribution in [0.25, 0.3) is 0 Å². The van der Waals surface area contributed by atoms with E-state index in [4.69, 9.17) is 4.74 Å². The molecule has 0 bridgehead atoms. The smallest absolute Gasteiger partial charge is 0.306 e. The highest BCUT2D eigenvalue weighted by Gasteiger charge is 2.14. The van der Waals surface area contributed by atoms with Crippen LogP contribution in [0, 0.1) is 5.82 Å². The van der Waals surface area contributed by atoms with Gasteiger partial charge in [0.25, 0.3) is 5.91 Å². The van der Waals surface area contributed by atoms with Gasteiger partial charge >= 0.3 is 5.97 Å². The Balaban J connectivity index is 1.71. The van der Waals surface area contributed by atoms with Crippen molar-refractivity contribution in [1.82, 2.24) is 5.32 Å². The van der Waals surface area contributed by atoms with Crippen LogP contribution >= 0.6 is 0 Å². The van der Waals surface area contributed by atoms with E-state index in [9.17, 15) is 18.8 Å². The van der Waals surface area contributed by atoms with Crippen LogP contribution in [0.5, 0.6) is 0 Å². The fourth-order valence-corrected chi connectivity index (χ4v) is 2.62. The molecule has 1 N–H and O–H groups in total. The molecule has 0 unspecified atom stereocenters. The highest BCUT2D eigenvalue weighted by Crippen LogP contribution is 2.13. The third-order valence-corrected chi connectivity index (χ3v) is 4.35. The molecule has 1 amide bonds. The van der Waals surface area contributed by atoms with Gasteiger partial charge in [-0.2, -0.15) is 0 Å². The minimum absolute atomic E-state index is 0.0632. The second-order valence-electron chi connectivity index (χ2n) is 6.48. The average molecular weight is 385 g/mol. The predicted octanol–water partition coefficient (Wildman–Crippen LogP) is 3.77. The number of nitrogens with one attached hydrogen (secondary N) is 1. The molecule has 0 saturated heterocycles. The van der Waals surface area contributed by atoms with Crippen LogP contribution in [0.15, 0.2) is 48.5 Å². The number of amides is 1. The van der Waals surface area contributed by atoms with Gasteiger partial charge in [0.05, 0.1) is 12.5 Å². The first-order valence-electron chi connectivity index (χ1n) is 9.21. The second-order valence-corrected chi connectivity index (χ2v) is 6.48. The molecule has 2 aromatic rings. The largest absolute Gasteiger partial charge is 0.456 e.